The molecular weight excluding hydrogens is 226 g/mol. The summed E-state index contributed by atoms with van der Waals surface area (Å²) in [5, 5.41) is 4.31. The molecule has 0 saturated heterocycles. The average Bonchev–Trinajstić information content (AvgIpc) is 2.85. The molecule has 0 atom stereocenters. The summed E-state index contributed by atoms with van der Waals surface area (Å²) in [5.74, 6) is 0.685. The number of pyridine rings is 1. The summed E-state index contributed by atoms with van der Waals surface area (Å²) >= 11 is 0. The lowest BCUT2D eigenvalue weighted by atomic mass is 10.2. The quantitative estimate of drug-likeness (QED) is 0.704. The van der Waals surface area contributed by atoms with E-state index in [1.54, 1.807) is 6.20 Å². The van der Waals surface area contributed by atoms with Crippen LogP contribution in [0.3, 0.4) is 0 Å². The SMILES string of the molecule is CCNCCCCCOc1ccc2[c]c[nH]c2n1. The minimum Gasteiger partial charge on any atom is -0.478 e. The second-order valence-corrected chi connectivity index (χ2v) is 4.24. The molecule has 2 heterocycles. The number of rotatable bonds is 8. The molecule has 0 amide bonds. The van der Waals surface area contributed by atoms with Crippen molar-refractivity contribution in [3.05, 3.63) is 24.4 Å². The van der Waals surface area contributed by atoms with Crippen LogP contribution in [0.15, 0.2) is 18.3 Å². The van der Waals surface area contributed by atoms with E-state index in [-0.39, 0.29) is 0 Å². The molecule has 0 aliphatic carbocycles. The maximum Gasteiger partial charge on any atom is 0.215 e. The van der Waals surface area contributed by atoms with Gasteiger partial charge in [-0.15, -0.1) is 0 Å². The van der Waals surface area contributed by atoms with Crippen LogP contribution >= 0.6 is 0 Å². The molecule has 2 aromatic heterocycles. The highest BCUT2D eigenvalue weighted by atomic mass is 16.5. The van der Waals surface area contributed by atoms with Gasteiger partial charge in [-0.05, 0) is 38.4 Å². The molecule has 1 radical (unpaired) electrons. The fourth-order valence-corrected chi connectivity index (χ4v) is 1.81. The normalized spacial score (nSPS) is 10.9. The van der Waals surface area contributed by atoms with Gasteiger partial charge >= 0.3 is 0 Å². The molecule has 4 nitrogen and oxygen atoms in total. The van der Waals surface area contributed by atoms with Crippen LogP contribution in [0.2, 0.25) is 0 Å². The van der Waals surface area contributed by atoms with Gasteiger partial charge in [0.15, 0.2) is 0 Å². The molecule has 97 valence electrons. The first-order chi connectivity index (χ1) is 8.90. The third kappa shape index (κ3) is 3.74. The van der Waals surface area contributed by atoms with Gasteiger partial charge in [0, 0.05) is 23.7 Å². The first-order valence-corrected chi connectivity index (χ1v) is 6.59. The lowest BCUT2D eigenvalue weighted by molar-refractivity contribution is 0.294. The Morgan fingerprint density at radius 1 is 1.33 bits per heavy atom. The second kappa shape index (κ2) is 7.01. The lowest BCUT2D eigenvalue weighted by Crippen LogP contribution is -2.14. The van der Waals surface area contributed by atoms with Crippen LogP contribution in [-0.4, -0.2) is 29.7 Å². The van der Waals surface area contributed by atoms with Crippen molar-refractivity contribution < 1.29 is 4.74 Å². The van der Waals surface area contributed by atoms with Gasteiger partial charge in [-0.2, -0.15) is 4.98 Å². The highest BCUT2D eigenvalue weighted by molar-refractivity contribution is 5.74. The lowest BCUT2D eigenvalue weighted by Gasteiger charge is -2.05. The van der Waals surface area contributed by atoms with Crippen molar-refractivity contribution in [1.82, 2.24) is 15.3 Å². The van der Waals surface area contributed by atoms with Crippen molar-refractivity contribution in [2.24, 2.45) is 0 Å². The largest absolute Gasteiger partial charge is 0.478 e. The van der Waals surface area contributed by atoms with Gasteiger partial charge in [-0.1, -0.05) is 6.92 Å². The monoisotopic (exact) mass is 246 g/mol. The zero-order chi connectivity index (χ0) is 12.6. The van der Waals surface area contributed by atoms with Crippen LogP contribution in [0.1, 0.15) is 26.2 Å². The average molecular weight is 246 g/mol. The van der Waals surface area contributed by atoms with E-state index in [0.29, 0.717) is 5.88 Å². The number of nitrogens with one attached hydrogen (secondary N) is 2. The molecule has 2 aromatic rings. The van der Waals surface area contributed by atoms with Gasteiger partial charge in [0.1, 0.15) is 5.65 Å². The van der Waals surface area contributed by atoms with Crippen molar-refractivity contribution in [2.45, 2.75) is 26.2 Å². The van der Waals surface area contributed by atoms with E-state index < -0.39 is 0 Å². The van der Waals surface area contributed by atoms with E-state index in [4.69, 9.17) is 4.74 Å². The number of hydrogen-bond donors (Lipinski definition) is 2. The molecule has 18 heavy (non-hydrogen) atoms. The number of ether oxygens (including phenoxy) is 1. The summed E-state index contributed by atoms with van der Waals surface area (Å²) < 4.78 is 5.62. The van der Waals surface area contributed by atoms with E-state index in [2.05, 4.69) is 28.3 Å². The minimum absolute atomic E-state index is 0.685. The summed E-state index contributed by atoms with van der Waals surface area (Å²) in [4.78, 5) is 7.39. The molecule has 0 fully saturated rings. The van der Waals surface area contributed by atoms with Crippen LogP contribution in [0, 0.1) is 6.07 Å². The van der Waals surface area contributed by atoms with Crippen LogP contribution in [0.4, 0.5) is 0 Å². The van der Waals surface area contributed by atoms with Crippen LogP contribution < -0.4 is 10.1 Å². The molecule has 4 heteroatoms. The van der Waals surface area contributed by atoms with E-state index >= 15 is 0 Å². The summed E-state index contributed by atoms with van der Waals surface area (Å²) in [6.07, 6.45) is 5.23. The standard InChI is InChI=1S/C14H20N3O/c1-2-15-9-4-3-5-11-18-13-7-6-12-8-10-16-14(12)17-13/h6-7,10,15H,2-5,9,11H2,1H3,(H,16,17). The van der Waals surface area contributed by atoms with E-state index in [9.17, 15) is 0 Å². The van der Waals surface area contributed by atoms with Crippen LogP contribution in [0.25, 0.3) is 11.0 Å². The van der Waals surface area contributed by atoms with Gasteiger partial charge in [0.2, 0.25) is 5.88 Å². The summed E-state index contributed by atoms with van der Waals surface area (Å²) in [6, 6.07) is 6.93. The molecule has 0 saturated carbocycles. The number of nitrogens with zero attached hydrogens (tertiary/aromatic N) is 1. The van der Waals surface area contributed by atoms with Gasteiger partial charge in [-0.3, -0.25) is 0 Å². The Bertz CT molecular complexity index is 467. The van der Waals surface area contributed by atoms with Crippen molar-refractivity contribution in [1.29, 1.82) is 0 Å². The topological polar surface area (TPSA) is 49.9 Å². The Labute approximate surface area is 108 Å². The molecule has 0 spiro atoms. The number of fused-ring (bicyclic) bond motifs is 1. The Kier molecular flexibility index (Phi) is 5.02. The third-order valence-corrected chi connectivity index (χ3v) is 2.80. The molecular formula is C14H20N3O. The van der Waals surface area contributed by atoms with E-state index in [0.717, 1.165) is 37.2 Å². The van der Waals surface area contributed by atoms with Crippen molar-refractivity contribution in [3.63, 3.8) is 0 Å². The van der Waals surface area contributed by atoms with Gasteiger partial charge in [0.05, 0.1) is 6.61 Å². The van der Waals surface area contributed by atoms with Crippen LogP contribution in [0.5, 0.6) is 5.88 Å². The third-order valence-electron chi connectivity index (χ3n) is 2.80. The number of unbranched alkanes of at least 4 members (excludes halogenated alkanes) is 2. The number of hydrogen-bond acceptors (Lipinski definition) is 3. The first-order valence-electron chi connectivity index (χ1n) is 6.59. The van der Waals surface area contributed by atoms with E-state index in [1.165, 1.54) is 12.8 Å². The number of aromatic nitrogens is 2. The Morgan fingerprint density at radius 2 is 2.28 bits per heavy atom. The molecule has 0 bridgehead atoms. The van der Waals surface area contributed by atoms with Crippen molar-refractivity contribution >= 4 is 11.0 Å². The van der Waals surface area contributed by atoms with E-state index in [1.807, 2.05) is 12.1 Å². The molecule has 2 rings (SSSR count). The molecule has 0 aliphatic heterocycles. The number of H-pyrrole nitrogens is 1. The predicted octanol–water partition coefficient (Wildman–Crippen LogP) is 2.52. The molecule has 0 unspecified atom stereocenters. The number of aromatic amines is 1. The highest BCUT2D eigenvalue weighted by Crippen LogP contribution is 2.14. The second-order valence-electron chi connectivity index (χ2n) is 4.24. The highest BCUT2D eigenvalue weighted by Gasteiger charge is 1.99. The van der Waals surface area contributed by atoms with Gasteiger partial charge in [-0.25, -0.2) is 0 Å². The maximum absolute atomic E-state index is 5.62. The molecule has 2 N–H and O–H groups in total. The predicted molar refractivity (Wildman–Crippen MR) is 72.8 cm³/mol. The zero-order valence-electron chi connectivity index (χ0n) is 10.8. The maximum atomic E-state index is 5.62. The smallest absolute Gasteiger partial charge is 0.215 e. The summed E-state index contributed by atoms with van der Waals surface area (Å²) in [7, 11) is 0. The fraction of sp³-hybridized carbons (Fsp3) is 0.500. The summed E-state index contributed by atoms with van der Waals surface area (Å²) in [6.45, 7) is 5.00. The minimum atomic E-state index is 0.685. The van der Waals surface area contributed by atoms with Gasteiger partial charge in [0.25, 0.3) is 0 Å². The van der Waals surface area contributed by atoms with Crippen molar-refractivity contribution in [3.8, 4) is 5.88 Å². The molecule has 0 aromatic carbocycles. The van der Waals surface area contributed by atoms with Crippen molar-refractivity contribution in [2.75, 3.05) is 19.7 Å². The Morgan fingerprint density at radius 3 is 3.17 bits per heavy atom. The Balaban J connectivity index is 1.67. The van der Waals surface area contributed by atoms with Gasteiger partial charge < -0.3 is 15.0 Å². The summed E-state index contributed by atoms with van der Waals surface area (Å²) in [5.41, 5.74) is 0.833. The zero-order valence-corrected chi connectivity index (χ0v) is 10.8. The molecule has 0 aliphatic rings. The fourth-order valence-electron chi connectivity index (χ4n) is 1.81. The Hall–Kier alpha value is -1.55. The van der Waals surface area contributed by atoms with Crippen LogP contribution in [-0.2, 0) is 0 Å². The first kappa shape index (κ1) is 12.9.